The van der Waals surface area contributed by atoms with Crippen LogP contribution < -0.4 is 5.73 Å². The van der Waals surface area contributed by atoms with Crippen LogP contribution in [0.5, 0.6) is 0 Å². The van der Waals surface area contributed by atoms with Gasteiger partial charge in [-0.1, -0.05) is 0 Å². The summed E-state index contributed by atoms with van der Waals surface area (Å²) in [6.45, 7) is 8.04. The first-order chi connectivity index (χ1) is 7.61. The van der Waals surface area contributed by atoms with Crippen molar-refractivity contribution in [2.24, 2.45) is 5.73 Å². The summed E-state index contributed by atoms with van der Waals surface area (Å²) in [4.78, 5) is 0. The molecule has 0 aliphatic carbocycles. The number of aromatic nitrogens is 4. The summed E-state index contributed by atoms with van der Waals surface area (Å²) in [6, 6.07) is 0. The van der Waals surface area contributed by atoms with Gasteiger partial charge < -0.3 is 10.5 Å². The van der Waals surface area contributed by atoms with E-state index >= 15 is 0 Å². The van der Waals surface area contributed by atoms with E-state index in [2.05, 4.69) is 15.5 Å². The second kappa shape index (κ2) is 5.91. The van der Waals surface area contributed by atoms with Crippen molar-refractivity contribution >= 4 is 0 Å². The Labute approximate surface area is 96.2 Å². The van der Waals surface area contributed by atoms with E-state index in [9.17, 15) is 0 Å². The molecule has 0 bridgehead atoms. The Kier molecular flexibility index (Phi) is 4.82. The first kappa shape index (κ1) is 13.1. The predicted octanol–water partition coefficient (Wildman–Crippen LogP) is 0.684. The lowest BCUT2D eigenvalue weighted by molar-refractivity contribution is -0.0242. The number of aryl methyl sites for hydroxylation is 1. The highest BCUT2D eigenvalue weighted by Crippen LogP contribution is 2.21. The second-order valence-corrected chi connectivity index (χ2v) is 4.16. The average molecular weight is 227 g/mol. The van der Waals surface area contributed by atoms with E-state index in [1.54, 1.807) is 4.68 Å². The second-order valence-electron chi connectivity index (χ2n) is 4.16. The van der Waals surface area contributed by atoms with Gasteiger partial charge in [-0.25, -0.2) is 4.68 Å². The molecule has 0 atom stereocenters. The first-order valence-corrected chi connectivity index (χ1v) is 5.72. The van der Waals surface area contributed by atoms with E-state index in [1.807, 2.05) is 20.8 Å². The fraction of sp³-hybridized carbons (Fsp3) is 0.900. The van der Waals surface area contributed by atoms with Crippen molar-refractivity contribution in [3.8, 4) is 0 Å². The van der Waals surface area contributed by atoms with Crippen LogP contribution in [0.2, 0.25) is 0 Å². The molecule has 0 unspecified atom stereocenters. The van der Waals surface area contributed by atoms with Gasteiger partial charge in [-0.3, -0.25) is 0 Å². The van der Waals surface area contributed by atoms with Crippen LogP contribution in [0.3, 0.4) is 0 Å². The number of hydrogen-bond acceptors (Lipinski definition) is 5. The van der Waals surface area contributed by atoms with Crippen molar-refractivity contribution in [1.82, 2.24) is 20.2 Å². The molecule has 0 saturated heterocycles. The summed E-state index contributed by atoms with van der Waals surface area (Å²) in [5.41, 5.74) is 5.01. The van der Waals surface area contributed by atoms with Gasteiger partial charge in [-0.2, -0.15) is 0 Å². The third-order valence-corrected chi connectivity index (χ3v) is 2.40. The molecule has 1 heterocycles. The zero-order valence-electron chi connectivity index (χ0n) is 10.3. The molecule has 0 amide bonds. The van der Waals surface area contributed by atoms with Gasteiger partial charge in [0.2, 0.25) is 0 Å². The van der Waals surface area contributed by atoms with E-state index in [0.29, 0.717) is 13.2 Å². The van der Waals surface area contributed by atoms with E-state index < -0.39 is 5.60 Å². The third kappa shape index (κ3) is 3.24. The quantitative estimate of drug-likeness (QED) is 0.693. The van der Waals surface area contributed by atoms with Crippen molar-refractivity contribution in [3.05, 3.63) is 5.82 Å². The number of rotatable bonds is 7. The molecule has 6 heteroatoms. The molecule has 1 rings (SSSR count). The number of unbranched alkanes of at least 4 members (excludes halogenated alkanes) is 1. The molecule has 92 valence electrons. The number of nitrogens with zero attached hydrogens (tertiary/aromatic N) is 4. The van der Waals surface area contributed by atoms with Crippen LogP contribution in [0.15, 0.2) is 0 Å². The Hall–Kier alpha value is -1.01. The third-order valence-electron chi connectivity index (χ3n) is 2.40. The normalized spacial score (nSPS) is 12.0. The Bertz CT molecular complexity index is 310. The monoisotopic (exact) mass is 227 g/mol. The van der Waals surface area contributed by atoms with Crippen molar-refractivity contribution in [2.45, 2.75) is 45.8 Å². The largest absolute Gasteiger partial charge is 0.368 e. The minimum atomic E-state index is -0.443. The topological polar surface area (TPSA) is 78.9 Å². The lowest BCUT2D eigenvalue weighted by Gasteiger charge is -2.23. The van der Waals surface area contributed by atoms with Crippen LogP contribution in [-0.4, -0.2) is 33.4 Å². The van der Waals surface area contributed by atoms with Gasteiger partial charge in [0, 0.05) is 13.2 Å². The Morgan fingerprint density at radius 2 is 2.12 bits per heavy atom. The lowest BCUT2D eigenvalue weighted by Crippen LogP contribution is -2.27. The molecule has 0 aromatic carbocycles. The molecule has 2 N–H and O–H groups in total. The molecule has 16 heavy (non-hydrogen) atoms. The number of nitrogens with two attached hydrogens (primary N) is 1. The summed E-state index contributed by atoms with van der Waals surface area (Å²) in [5, 5.41) is 11.7. The van der Waals surface area contributed by atoms with Gasteiger partial charge >= 0.3 is 0 Å². The molecule has 1 aromatic heterocycles. The van der Waals surface area contributed by atoms with Gasteiger partial charge in [-0.05, 0) is 50.6 Å². The number of hydrogen-bond donors (Lipinski definition) is 1. The van der Waals surface area contributed by atoms with Gasteiger partial charge in [0.15, 0.2) is 5.82 Å². The Morgan fingerprint density at radius 1 is 1.38 bits per heavy atom. The minimum absolute atomic E-state index is 0.443. The maximum atomic E-state index is 5.63. The summed E-state index contributed by atoms with van der Waals surface area (Å²) in [5.74, 6) is 0.770. The molecule has 0 spiro atoms. The highest BCUT2D eigenvalue weighted by Gasteiger charge is 2.27. The smallest absolute Gasteiger partial charge is 0.182 e. The van der Waals surface area contributed by atoms with E-state index in [1.165, 1.54) is 0 Å². The number of ether oxygens (including phenoxy) is 1. The highest BCUT2D eigenvalue weighted by molar-refractivity contribution is 4.95. The zero-order chi connectivity index (χ0) is 12.0. The first-order valence-electron chi connectivity index (χ1n) is 5.72. The van der Waals surface area contributed by atoms with Crippen LogP contribution in [-0.2, 0) is 16.9 Å². The summed E-state index contributed by atoms with van der Waals surface area (Å²) >= 11 is 0. The van der Waals surface area contributed by atoms with Gasteiger partial charge in [0.1, 0.15) is 5.60 Å². The van der Waals surface area contributed by atoms with Crippen molar-refractivity contribution in [3.63, 3.8) is 0 Å². The molecule has 0 aliphatic rings. The molecule has 6 nitrogen and oxygen atoms in total. The standard InChI is InChI=1S/C10H21N5O/c1-4-16-10(2,3)9-12-13-14-15(9)8-6-5-7-11/h4-8,11H2,1-3H3. The van der Waals surface area contributed by atoms with Gasteiger partial charge in [-0.15, -0.1) is 5.10 Å². The molecule has 0 saturated carbocycles. The molecule has 0 aliphatic heterocycles. The average Bonchev–Trinajstić information content (AvgIpc) is 2.67. The SMILES string of the molecule is CCOC(C)(C)c1nnnn1CCCCN. The zero-order valence-corrected chi connectivity index (χ0v) is 10.3. The summed E-state index contributed by atoms with van der Waals surface area (Å²) < 4.78 is 7.43. The fourth-order valence-corrected chi connectivity index (χ4v) is 1.62. The molecular formula is C10H21N5O. The fourth-order valence-electron chi connectivity index (χ4n) is 1.62. The van der Waals surface area contributed by atoms with Crippen LogP contribution in [0.25, 0.3) is 0 Å². The molecule has 0 fully saturated rings. The van der Waals surface area contributed by atoms with Crippen LogP contribution in [0.4, 0.5) is 0 Å². The van der Waals surface area contributed by atoms with E-state index in [4.69, 9.17) is 10.5 Å². The molecular weight excluding hydrogens is 206 g/mol. The van der Waals surface area contributed by atoms with E-state index in [0.717, 1.165) is 25.2 Å². The van der Waals surface area contributed by atoms with Crippen molar-refractivity contribution < 1.29 is 4.74 Å². The molecule has 0 radical (unpaired) electrons. The number of tetrazole rings is 1. The molecule has 1 aromatic rings. The van der Waals surface area contributed by atoms with Crippen LogP contribution in [0.1, 0.15) is 39.4 Å². The Morgan fingerprint density at radius 3 is 2.75 bits per heavy atom. The Balaban J connectivity index is 2.69. The highest BCUT2D eigenvalue weighted by atomic mass is 16.5. The summed E-state index contributed by atoms with van der Waals surface area (Å²) in [6.07, 6.45) is 1.96. The van der Waals surface area contributed by atoms with Crippen LogP contribution >= 0.6 is 0 Å². The van der Waals surface area contributed by atoms with Crippen LogP contribution in [0, 0.1) is 0 Å². The lowest BCUT2D eigenvalue weighted by atomic mass is 10.1. The van der Waals surface area contributed by atoms with Gasteiger partial charge in [0.05, 0.1) is 0 Å². The minimum Gasteiger partial charge on any atom is -0.368 e. The predicted molar refractivity (Wildman–Crippen MR) is 60.8 cm³/mol. The maximum Gasteiger partial charge on any atom is 0.182 e. The van der Waals surface area contributed by atoms with Crippen molar-refractivity contribution in [2.75, 3.05) is 13.2 Å². The maximum absolute atomic E-state index is 5.63. The van der Waals surface area contributed by atoms with E-state index in [-0.39, 0.29) is 0 Å². The summed E-state index contributed by atoms with van der Waals surface area (Å²) in [7, 11) is 0. The van der Waals surface area contributed by atoms with Gasteiger partial charge in [0.25, 0.3) is 0 Å². The van der Waals surface area contributed by atoms with Crippen molar-refractivity contribution in [1.29, 1.82) is 0 Å².